The number of aromatic nitrogens is 2. The maximum absolute atomic E-state index is 12.3. The highest BCUT2D eigenvalue weighted by atomic mass is 35.5. The van der Waals surface area contributed by atoms with E-state index in [0.29, 0.717) is 50.9 Å². The Morgan fingerprint density at radius 1 is 1.17 bits per heavy atom. The van der Waals surface area contributed by atoms with E-state index in [-0.39, 0.29) is 28.5 Å². The Morgan fingerprint density at radius 2 is 1.87 bits per heavy atom. The normalized spacial score (nSPS) is 27.1. The molecule has 4 rings (SSSR count). The molecular weight excluding hydrogens is 434 g/mol. The molecule has 12 heteroatoms. The number of rotatable bonds is 6. The smallest absolute Gasteiger partial charge is 0.407 e. The van der Waals surface area contributed by atoms with Crippen molar-refractivity contribution >= 4 is 33.4 Å². The van der Waals surface area contributed by atoms with Crippen molar-refractivity contribution in [2.45, 2.75) is 68.4 Å². The first-order valence-corrected chi connectivity index (χ1v) is 12.2. The highest BCUT2D eigenvalue weighted by Gasteiger charge is 2.38. The quantitative estimate of drug-likeness (QED) is 0.580. The zero-order valence-corrected chi connectivity index (χ0v) is 18.0. The number of alkyl carbamates (subject to hydrolysis) is 1. The molecule has 1 atom stereocenters. The molecule has 2 aliphatic carbocycles. The average Bonchev–Trinajstić information content (AvgIpc) is 3.47. The molecule has 3 N–H and O–H groups in total. The zero-order chi connectivity index (χ0) is 21.3. The lowest BCUT2D eigenvalue weighted by Gasteiger charge is -2.29. The first kappa shape index (κ1) is 21.4. The van der Waals surface area contributed by atoms with Crippen LogP contribution in [0.4, 0.5) is 10.5 Å². The molecule has 0 aromatic carbocycles. The number of H-pyrrole nitrogens is 1. The number of hydrogen-bond donors (Lipinski definition) is 3. The monoisotopic (exact) mass is 459 g/mol. The van der Waals surface area contributed by atoms with E-state index < -0.39 is 21.7 Å². The van der Waals surface area contributed by atoms with Crippen LogP contribution in [-0.4, -0.2) is 61.2 Å². The van der Waals surface area contributed by atoms with Gasteiger partial charge in [-0.1, -0.05) is 11.6 Å². The molecule has 3 aliphatic rings. The van der Waals surface area contributed by atoms with Gasteiger partial charge in [0.05, 0.1) is 23.7 Å². The van der Waals surface area contributed by atoms with Gasteiger partial charge >= 0.3 is 6.09 Å². The molecule has 0 spiro atoms. The molecule has 0 bridgehead atoms. The second-order valence-electron chi connectivity index (χ2n) is 8.22. The summed E-state index contributed by atoms with van der Waals surface area (Å²) in [6.07, 6.45) is 5.65. The number of halogens is 1. The van der Waals surface area contributed by atoms with Crippen LogP contribution in [0.25, 0.3) is 0 Å². The van der Waals surface area contributed by atoms with Gasteiger partial charge in [0.15, 0.2) is 0 Å². The number of nitrogens with one attached hydrogen (secondary N) is 3. The molecule has 1 aromatic heterocycles. The highest BCUT2D eigenvalue weighted by Crippen LogP contribution is 2.29. The second kappa shape index (κ2) is 8.72. The van der Waals surface area contributed by atoms with E-state index in [2.05, 4.69) is 20.2 Å². The van der Waals surface area contributed by atoms with Gasteiger partial charge in [-0.25, -0.2) is 23.0 Å². The fourth-order valence-electron chi connectivity index (χ4n) is 4.05. The minimum absolute atomic E-state index is 0.0250. The third kappa shape index (κ3) is 5.06. The largest absolute Gasteiger partial charge is 0.444 e. The van der Waals surface area contributed by atoms with Crippen LogP contribution >= 0.6 is 11.6 Å². The summed E-state index contributed by atoms with van der Waals surface area (Å²) in [6.45, 7) is 1.04. The van der Waals surface area contributed by atoms with Crippen molar-refractivity contribution in [2.24, 2.45) is 0 Å². The molecule has 2 saturated carbocycles. The van der Waals surface area contributed by atoms with E-state index in [9.17, 15) is 18.0 Å². The van der Waals surface area contributed by atoms with E-state index in [4.69, 9.17) is 16.3 Å². The molecule has 166 valence electrons. The van der Waals surface area contributed by atoms with Crippen LogP contribution in [0.5, 0.6) is 0 Å². The number of carbonyl (C=O) groups excluding carboxylic acids is 1. The van der Waals surface area contributed by atoms with Crippen molar-refractivity contribution < 1.29 is 17.9 Å². The summed E-state index contributed by atoms with van der Waals surface area (Å²) in [7, 11) is -3.18. The lowest BCUT2D eigenvalue weighted by molar-refractivity contribution is 0.102. The van der Waals surface area contributed by atoms with E-state index in [1.54, 1.807) is 0 Å². The first-order chi connectivity index (χ1) is 14.3. The van der Waals surface area contributed by atoms with Crippen LogP contribution < -0.4 is 20.5 Å². The van der Waals surface area contributed by atoms with Gasteiger partial charge < -0.3 is 15.0 Å². The summed E-state index contributed by atoms with van der Waals surface area (Å²) >= 11 is 6.04. The molecule has 3 fully saturated rings. The number of anilines is 1. The Hall–Kier alpha value is -1.85. The number of amides is 1. The van der Waals surface area contributed by atoms with Crippen molar-refractivity contribution in [3.63, 3.8) is 0 Å². The zero-order valence-electron chi connectivity index (χ0n) is 16.5. The molecule has 1 amide bonds. The van der Waals surface area contributed by atoms with E-state index >= 15 is 0 Å². The number of nitrogens with zero attached hydrogens (tertiary/aromatic N) is 2. The lowest BCUT2D eigenvalue weighted by atomic mass is 9.92. The van der Waals surface area contributed by atoms with Crippen LogP contribution in [0.1, 0.15) is 44.9 Å². The molecule has 10 nitrogen and oxygen atoms in total. The average molecular weight is 460 g/mol. The Kier molecular flexibility index (Phi) is 6.21. The van der Waals surface area contributed by atoms with Crippen LogP contribution in [0.3, 0.4) is 0 Å². The van der Waals surface area contributed by atoms with Crippen molar-refractivity contribution in [1.29, 1.82) is 0 Å². The summed E-state index contributed by atoms with van der Waals surface area (Å²) in [5.74, 6) is 0. The van der Waals surface area contributed by atoms with Gasteiger partial charge in [-0.05, 0) is 38.5 Å². The van der Waals surface area contributed by atoms with E-state index in [0.717, 1.165) is 12.8 Å². The topological polar surface area (TPSA) is 133 Å². The van der Waals surface area contributed by atoms with Crippen molar-refractivity contribution in [2.75, 3.05) is 18.0 Å². The minimum atomic E-state index is -3.18. The molecule has 30 heavy (non-hydrogen) atoms. The molecule has 1 aromatic rings. The van der Waals surface area contributed by atoms with E-state index in [1.165, 1.54) is 6.20 Å². The molecule has 2 heterocycles. The van der Waals surface area contributed by atoms with Crippen LogP contribution in [0.15, 0.2) is 11.0 Å². The maximum atomic E-state index is 12.3. The van der Waals surface area contributed by atoms with Gasteiger partial charge in [0.2, 0.25) is 10.0 Å². The highest BCUT2D eigenvalue weighted by molar-refractivity contribution is 7.90. The number of aromatic amines is 1. The molecule has 1 saturated heterocycles. The number of hydrogen-bond acceptors (Lipinski definition) is 7. The number of carbonyl (C=O) groups is 1. The molecule has 0 unspecified atom stereocenters. The Balaban J connectivity index is 1.20. The predicted octanol–water partition coefficient (Wildman–Crippen LogP) is 1.12. The summed E-state index contributed by atoms with van der Waals surface area (Å²) in [5, 5.41) is 8.80. The maximum Gasteiger partial charge on any atom is 0.407 e. The third-order valence-electron chi connectivity index (χ3n) is 5.88. The Morgan fingerprint density at radius 3 is 2.57 bits per heavy atom. The van der Waals surface area contributed by atoms with Gasteiger partial charge in [-0.15, -0.1) is 0 Å². The summed E-state index contributed by atoms with van der Waals surface area (Å²) in [4.78, 5) is 25.8. The third-order valence-corrected chi connectivity index (χ3v) is 8.26. The van der Waals surface area contributed by atoms with Gasteiger partial charge in [-0.2, -0.15) is 5.10 Å². The van der Waals surface area contributed by atoms with Gasteiger partial charge in [-0.3, -0.25) is 4.79 Å². The van der Waals surface area contributed by atoms with Crippen LogP contribution in [0.2, 0.25) is 5.02 Å². The molecule has 0 radical (unpaired) electrons. The fourth-order valence-corrected chi connectivity index (χ4v) is 5.91. The van der Waals surface area contributed by atoms with Crippen molar-refractivity contribution in [1.82, 2.24) is 20.2 Å². The SMILES string of the molecule is O=C(NC1CCC(NS(=O)(=O)C2CC2)CC1)O[C@@H]1CCN(c2cn[nH]c(=O)c2Cl)C1. The van der Waals surface area contributed by atoms with Gasteiger partial charge in [0, 0.05) is 25.0 Å². The van der Waals surface area contributed by atoms with Gasteiger partial charge in [0.25, 0.3) is 5.56 Å². The second-order valence-corrected chi connectivity index (χ2v) is 10.6. The Bertz CT molecular complexity index is 943. The lowest BCUT2D eigenvalue weighted by Crippen LogP contribution is -2.45. The number of ether oxygens (including phenoxy) is 1. The van der Waals surface area contributed by atoms with E-state index in [1.807, 2.05) is 4.90 Å². The first-order valence-electron chi connectivity index (χ1n) is 10.3. The van der Waals surface area contributed by atoms with Gasteiger partial charge in [0.1, 0.15) is 11.1 Å². The molecular formula is C18H26ClN5O5S. The summed E-state index contributed by atoms with van der Waals surface area (Å²) < 4.78 is 32.4. The van der Waals surface area contributed by atoms with Crippen LogP contribution in [0, 0.1) is 0 Å². The molecule has 1 aliphatic heterocycles. The van der Waals surface area contributed by atoms with Crippen LogP contribution in [-0.2, 0) is 14.8 Å². The number of sulfonamides is 1. The minimum Gasteiger partial charge on any atom is -0.444 e. The fraction of sp³-hybridized carbons (Fsp3) is 0.722. The predicted molar refractivity (Wildman–Crippen MR) is 111 cm³/mol. The Labute approximate surface area is 179 Å². The summed E-state index contributed by atoms with van der Waals surface area (Å²) in [6, 6.07) is -0.0801. The van der Waals surface area contributed by atoms with Crippen molar-refractivity contribution in [3.05, 3.63) is 21.6 Å². The standard InChI is InChI=1S/C18H26ClN5O5S/c19-16-15(9-20-22-17(16)25)24-8-7-13(10-24)29-18(26)21-11-1-3-12(4-2-11)23-30(27,28)14-5-6-14/h9,11-14,23H,1-8,10H2,(H,21,26)(H,22,25)/t11?,12?,13-/m1/s1. The summed E-state index contributed by atoms with van der Waals surface area (Å²) in [5.41, 5.74) is 0.0743. The van der Waals surface area contributed by atoms with Crippen molar-refractivity contribution in [3.8, 4) is 0 Å².